The second kappa shape index (κ2) is 13.9. The van der Waals surface area contributed by atoms with Crippen molar-refractivity contribution in [2.75, 3.05) is 48.9 Å². The van der Waals surface area contributed by atoms with Gasteiger partial charge in [-0.3, -0.25) is 14.4 Å². The quantitative estimate of drug-likeness (QED) is 0.199. The van der Waals surface area contributed by atoms with E-state index < -0.39 is 0 Å². The minimum atomic E-state index is -0.384. The molecule has 0 bridgehead atoms. The average molecular weight is 603 g/mol. The number of nitrogens with one attached hydrogen (secondary N) is 1. The summed E-state index contributed by atoms with van der Waals surface area (Å²) in [6.45, 7) is 2.84. The second-order valence-corrected chi connectivity index (χ2v) is 10.9. The van der Waals surface area contributed by atoms with E-state index in [0.29, 0.717) is 34.7 Å². The summed E-state index contributed by atoms with van der Waals surface area (Å²) in [5, 5.41) is 2.93. The maximum absolute atomic E-state index is 13.8. The van der Waals surface area contributed by atoms with Crippen molar-refractivity contribution < 1.29 is 23.9 Å². The van der Waals surface area contributed by atoms with E-state index in [9.17, 15) is 19.2 Å². The van der Waals surface area contributed by atoms with Crippen molar-refractivity contribution in [1.29, 1.82) is 0 Å². The second-order valence-electron chi connectivity index (χ2n) is 10.9. The van der Waals surface area contributed by atoms with Gasteiger partial charge in [0.2, 0.25) is 5.91 Å². The molecule has 1 aliphatic rings. The van der Waals surface area contributed by atoms with Gasteiger partial charge in [0.15, 0.2) is 5.94 Å². The summed E-state index contributed by atoms with van der Waals surface area (Å²) < 4.78 is 5.64. The van der Waals surface area contributed by atoms with Crippen LogP contribution in [0.2, 0.25) is 0 Å². The summed E-state index contributed by atoms with van der Waals surface area (Å²) >= 11 is 0. The number of amides is 3. The van der Waals surface area contributed by atoms with Gasteiger partial charge in [0, 0.05) is 36.3 Å². The highest BCUT2D eigenvalue weighted by atomic mass is 16.5. The Kier molecular flexibility index (Phi) is 9.53. The first-order chi connectivity index (χ1) is 21.8. The van der Waals surface area contributed by atoms with Crippen molar-refractivity contribution in [1.82, 2.24) is 4.90 Å². The molecule has 45 heavy (non-hydrogen) atoms. The van der Waals surface area contributed by atoms with Gasteiger partial charge in [0.25, 0.3) is 17.7 Å². The van der Waals surface area contributed by atoms with E-state index in [1.54, 1.807) is 60.5 Å². The van der Waals surface area contributed by atoms with Crippen LogP contribution in [-0.2, 0) is 14.3 Å². The molecular formula is C36H34N4O5. The van der Waals surface area contributed by atoms with E-state index in [0.717, 1.165) is 16.7 Å². The van der Waals surface area contributed by atoms with E-state index in [2.05, 4.69) is 5.32 Å². The van der Waals surface area contributed by atoms with Crippen LogP contribution >= 0.6 is 0 Å². The lowest BCUT2D eigenvalue weighted by Crippen LogP contribution is -2.33. The molecule has 0 fully saturated rings. The number of anilines is 3. The van der Waals surface area contributed by atoms with Crippen LogP contribution in [0.25, 0.3) is 11.1 Å². The van der Waals surface area contributed by atoms with Crippen LogP contribution in [-0.4, -0.2) is 62.4 Å². The zero-order chi connectivity index (χ0) is 31.9. The number of fused-ring (bicyclic) bond motifs is 1. The van der Waals surface area contributed by atoms with Gasteiger partial charge < -0.3 is 19.9 Å². The van der Waals surface area contributed by atoms with Gasteiger partial charge in [-0.05, 0) is 74.6 Å². The zero-order valence-corrected chi connectivity index (χ0v) is 25.4. The molecule has 9 heteroatoms. The van der Waals surface area contributed by atoms with E-state index in [-0.39, 0.29) is 43.2 Å². The number of carbonyl (C=O) groups excluding carboxylic acids is 4. The zero-order valence-electron chi connectivity index (χ0n) is 25.4. The molecule has 4 aromatic carbocycles. The molecule has 0 unspecified atom stereocenters. The van der Waals surface area contributed by atoms with E-state index in [4.69, 9.17) is 4.74 Å². The number of nitrogens with zero attached hydrogens (tertiary/aromatic N) is 3. The summed E-state index contributed by atoms with van der Waals surface area (Å²) in [5.41, 5.74) is 5.15. The normalized spacial score (nSPS) is 12.7. The molecule has 0 saturated heterocycles. The van der Waals surface area contributed by atoms with Crippen LogP contribution in [0.5, 0.6) is 0 Å². The number of likely N-dealkylation sites (N-methyl/N-ethyl adjacent to an activating group) is 1. The average Bonchev–Trinajstić information content (AvgIpc) is 3.19. The number of rotatable bonds is 9. The Hall–Kier alpha value is -5.50. The summed E-state index contributed by atoms with van der Waals surface area (Å²) in [6, 6.07) is 28.9. The van der Waals surface area contributed by atoms with Gasteiger partial charge in [-0.15, -0.1) is 0 Å². The highest BCUT2D eigenvalue weighted by molar-refractivity contribution is 6.13. The monoisotopic (exact) mass is 602 g/mol. The van der Waals surface area contributed by atoms with Gasteiger partial charge in [0.05, 0.1) is 11.4 Å². The predicted molar refractivity (Wildman–Crippen MR) is 175 cm³/mol. The number of hydrogen-bond acceptors (Lipinski definition) is 6. The molecule has 0 aromatic heterocycles. The fourth-order valence-corrected chi connectivity index (χ4v) is 5.07. The van der Waals surface area contributed by atoms with Crippen molar-refractivity contribution >= 4 is 40.7 Å². The van der Waals surface area contributed by atoms with Crippen molar-refractivity contribution in [3.05, 3.63) is 120 Å². The number of para-hydroxylation sites is 2. The van der Waals surface area contributed by atoms with Gasteiger partial charge in [0.1, 0.15) is 6.61 Å². The number of hydrogen-bond donors (Lipinski definition) is 1. The molecule has 9 nitrogen and oxygen atoms in total. The van der Waals surface area contributed by atoms with Crippen LogP contribution in [0.1, 0.15) is 32.7 Å². The Balaban J connectivity index is 1.35. The van der Waals surface area contributed by atoms with Crippen LogP contribution in [0, 0.1) is 6.92 Å². The van der Waals surface area contributed by atoms with Crippen LogP contribution < -0.4 is 15.1 Å². The van der Waals surface area contributed by atoms with Gasteiger partial charge in [-0.1, -0.05) is 60.2 Å². The van der Waals surface area contributed by atoms with Crippen LogP contribution in [0.15, 0.2) is 103 Å². The number of aryl methyl sites for hydroxylation is 1. The highest BCUT2D eigenvalue weighted by Gasteiger charge is 2.33. The third-order valence-corrected chi connectivity index (χ3v) is 7.45. The molecule has 1 aliphatic heterocycles. The van der Waals surface area contributed by atoms with Crippen LogP contribution in [0.3, 0.4) is 0 Å². The fourth-order valence-electron chi connectivity index (χ4n) is 5.07. The Morgan fingerprint density at radius 1 is 0.889 bits per heavy atom. The Labute approximate surface area is 262 Å². The lowest BCUT2D eigenvalue weighted by Gasteiger charge is -2.25. The first kappa shape index (κ1) is 30.9. The first-order valence-electron chi connectivity index (χ1n) is 14.6. The maximum Gasteiger partial charge on any atom is 0.289 e. The Bertz CT molecular complexity index is 1760. The van der Waals surface area contributed by atoms with Gasteiger partial charge >= 0.3 is 0 Å². The summed E-state index contributed by atoms with van der Waals surface area (Å²) in [6.07, 6.45) is -0.0306. The lowest BCUT2D eigenvalue weighted by atomic mass is 9.98. The molecule has 0 spiro atoms. The molecule has 228 valence electrons. The fraction of sp³-hybridized carbons (Fsp3) is 0.194. The topological polar surface area (TPSA) is 99.3 Å². The predicted octanol–water partition coefficient (Wildman–Crippen LogP) is 5.55. The molecule has 4 aromatic rings. The SMILES string of the molecule is Cc1ccc(-c2ccccc2C(=O)Nc2ccc(C(=O)N3CCC(=O)N(C(=C=O)OCCN(C)C)c4ccccc43)cc2)cc1. The number of benzene rings is 4. The Morgan fingerprint density at radius 2 is 1.56 bits per heavy atom. The van der Waals surface area contributed by atoms with Gasteiger partial charge in [-0.2, -0.15) is 0 Å². The van der Waals surface area contributed by atoms with E-state index >= 15 is 0 Å². The third kappa shape index (κ3) is 7.02. The van der Waals surface area contributed by atoms with Crippen molar-refractivity contribution in [2.24, 2.45) is 0 Å². The molecule has 5 rings (SSSR count). The highest BCUT2D eigenvalue weighted by Crippen LogP contribution is 2.35. The molecule has 0 radical (unpaired) electrons. The summed E-state index contributed by atoms with van der Waals surface area (Å²) in [4.78, 5) is 56.8. The van der Waals surface area contributed by atoms with E-state index in [1.807, 2.05) is 68.4 Å². The third-order valence-electron chi connectivity index (χ3n) is 7.45. The van der Waals surface area contributed by atoms with Crippen molar-refractivity contribution in [3.8, 4) is 11.1 Å². The number of ether oxygens (including phenoxy) is 1. The maximum atomic E-state index is 13.8. The number of carbonyl (C=O) groups is 3. The molecule has 1 heterocycles. The van der Waals surface area contributed by atoms with Gasteiger partial charge in [-0.25, -0.2) is 9.69 Å². The molecule has 3 amide bonds. The Morgan fingerprint density at radius 3 is 2.24 bits per heavy atom. The summed E-state index contributed by atoms with van der Waals surface area (Å²) in [5.74, 6) is 0.539. The van der Waals surface area contributed by atoms with Crippen molar-refractivity contribution in [3.63, 3.8) is 0 Å². The molecule has 1 N–H and O–H groups in total. The molecule has 0 saturated carbocycles. The smallest absolute Gasteiger partial charge is 0.289 e. The van der Waals surface area contributed by atoms with Crippen LogP contribution in [0.4, 0.5) is 17.1 Å². The minimum absolute atomic E-state index is 0.0306. The largest absolute Gasteiger partial charge is 0.469 e. The lowest BCUT2D eigenvalue weighted by molar-refractivity contribution is -0.118. The molecule has 0 aliphatic carbocycles. The van der Waals surface area contributed by atoms with Crippen molar-refractivity contribution in [2.45, 2.75) is 13.3 Å². The standard InChI is InChI=1S/C36H34N4O5/c1-25-12-14-26(15-13-25)29-8-4-5-9-30(29)35(43)37-28-18-16-27(17-19-28)36(44)39-21-20-33(42)40(32-11-7-6-10-31(32)39)34(24-41)45-23-22-38(2)3/h4-19H,20-23H2,1-3H3,(H,37,43). The minimum Gasteiger partial charge on any atom is -0.469 e. The molecule has 0 atom stereocenters. The van der Waals surface area contributed by atoms with E-state index in [1.165, 1.54) is 9.80 Å². The molecular weight excluding hydrogens is 568 g/mol. The first-order valence-corrected chi connectivity index (χ1v) is 14.6. The summed E-state index contributed by atoms with van der Waals surface area (Å²) in [7, 11) is 3.74.